The second-order valence-electron chi connectivity index (χ2n) is 15.1. The van der Waals surface area contributed by atoms with E-state index < -0.39 is 46.7 Å². The van der Waals surface area contributed by atoms with Crippen LogP contribution in [-0.4, -0.2) is 52.5 Å². The highest BCUT2D eigenvalue weighted by Gasteiger charge is 2.36. The number of rotatable bonds is 12. The third kappa shape index (κ3) is 9.40. The lowest BCUT2D eigenvalue weighted by Crippen LogP contribution is -2.53. The van der Waals surface area contributed by atoms with E-state index in [0.29, 0.717) is 0 Å². The van der Waals surface area contributed by atoms with Crippen molar-refractivity contribution < 1.29 is 23.5 Å². The van der Waals surface area contributed by atoms with Crippen molar-refractivity contribution in [3.05, 3.63) is 140 Å². The Balaban J connectivity index is 1.40. The number of nitrogens with one attached hydrogen (secondary N) is 3. The molecule has 2 amide bonds. The number of aromatic amines is 1. The molecule has 3 aromatic carbocycles. The van der Waals surface area contributed by atoms with E-state index in [1.165, 1.54) is 16.5 Å². The largest absolute Gasteiger partial charge is 0.390 e. The van der Waals surface area contributed by atoms with Crippen LogP contribution in [0.4, 0.5) is 8.78 Å². The Morgan fingerprint density at radius 3 is 2.25 bits per heavy atom. The van der Waals surface area contributed by atoms with Crippen molar-refractivity contribution in [1.82, 2.24) is 20.5 Å². The topological polar surface area (TPSA) is 115 Å². The maximum absolute atomic E-state index is 14.3. The fourth-order valence-electron chi connectivity index (χ4n) is 7.08. The summed E-state index contributed by atoms with van der Waals surface area (Å²) in [4.78, 5) is 44.0. The van der Waals surface area contributed by atoms with Crippen molar-refractivity contribution >= 4 is 11.8 Å². The first-order chi connectivity index (χ1) is 24.6. The van der Waals surface area contributed by atoms with Crippen LogP contribution in [0.1, 0.15) is 109 Å². The van der Waals surface area contributed by atoms with Gasteiger partial charge in [-0.25, -0.2) is 8.78 Å². The number of pyridine rings is 1. The normalized spacial score (nSPS) is 16.1. The van der Waals surface area contributed by atoms with Crippen molar-refractivity contribution in [2.45, 2.75) is 95.4 Å². The molecule has 1 heterocycles. The summed E-state index contributed by atoms with van der Waals surface area (Å²) in [6.07, 6.45) is 3.54. The highest BCUT2D eigenvalue weighted by atomic mass is 19.1. The minimum Gasteiger partial charge on any atom is -0.390 e. The molecule has 1 aliphatic rings. The number of halogens is 2. The molecule has 1 aliphatic carbocycles. The molecule has 276 valence electrons. The fourth-order valence-corrected chi connectivity index (χ4v) is 7.08. The number of nitrogens with zero attached hydrogens (tertiary/aromatic N) is 1. The summed E-state index contributed by atoms with van der Waals surface area (Å²) < 4.78 is 28.5. The highest BCUT2D eigenvalue weighted by Crippen LogP contribution is 2.39. The average molecular weight is 713 g/mol. The summed E-state index contributed by atoms with van der Waals surface area (Å²) in [5.41, 5.74) is 2.17. The Hall–Kier alpha value is -4.67. The SMILES string of the molecule is C[C@H](c1ccccc1)N(C)C(=O)c1cc(C(=O)N[C@@H](Cc2cc(F)cc(F)c2)[C@H](O)CNC2(c3cccc(C(C)(C)C)c3)CCCCC2)[nH]c(=O)c1. The zero-order valence-electron chi connectivity index (χ0n) is 30.6. The number of H-pyrrole nitrogens is 1. The quantitative estimate of drug-likeness (QED) is 0.127. The number of aliphatic hydroxyl groups excluding tert-OH is 1. The van der Waals surface area contributed by atoms with Gasteiger partial charge in [0.25, 0.3) is 11.8 Å². The van der Waals surface area contributed by atoms with Crippen LogP contribution >= 0.6 is 0 Å². The minimum absolute atomic E-state index is 0.0156. The number of hydrogen-bond acceptors (Lipinski definition) is 5. The monoisotopic (exact) mass is 712 g/mol. The molecule has 8 nitrogen and oxygen atoms in total. The van der Waals surface area contributed by atoms with Gasteiger partial charge in [-0.15, -0.1) is 0 Å². The van der Waals surface area contributed by atoms with Crippen LogP contribution in [-0.2, 0) is 17.4 Å². The standard InChI is InChI=1S/C42H50F2N4O4/c1-27(29-13-8-6-9-14-29)48(5)40(52)30-22-36(46-38(50)23-30)39(51)47-35(21-28-19-33(43)25-34(44)20-28)37(49)26-45-42(17-10-7-11-18-42)32-16-12-15-31(24-32)41(2,3)4/h6,8-9,12-16,19-20,22-25,27,35,37,45,49H,7,10-11,17-18,21,26H2,1-5H3,(H,46,50)(H,47,51)/t27-,35+,37-/m1/s1. The molecule has 4 N–H and O–H groups in total. The number of hydrogen-bond donors (Lipinski definition) is 4. The number of carbonyl (C=O) groups excluding carboxylic acids is 2. The van der Waals surface area contributed by atoms with Crippen molar-refractivity contribution in [2.75, 3.05) is 13.6 Å². The summed E-state index contributed by atoms with van der Waals surface area (Å²) >= 11 is 0. The van der Waals surface area contributed by atoms with E-state index in [-0.39, 0.29) is 41.2 Å². The van der Waals surface area contributed by atoms with Gasteiger partial charge in [-0.2, -0.15) is 0 Å². The van der Waals surface area contributed by atoms with E-state index in [0.717, 1.165) is 67.5 Å². The molecule has 0 spiro atoms. The predicted molar refractivity (Wildman–Crippen MR) is 199 cm³/mol. The van der Waals surface area contributed by atoms with Crippen LogP contribution in [0.25, 0.3) is 0 Å². The summed E-state index contributed by atoms with van der Waals surface area (Å²) in [6.45, 7) is 8.44. The Morgan fingerprint density at radius 1 is 0.923 bits per heavy atom. The van der Waals surface area contributed by atoms with Crippen LogP contribution in [0.15, 0.2) is 89.7 Å². The molecule has 1 aromatic heterocycles. The maximum Gasteiger partial charge on any atom is 0.268 e. The first-order valence-corrected chi connectivity index (χ1v) is 18.0. The van der Waals surface area contributed by atoms with Crippen molar-refractivity contribution in [3.8, 4) is 0 Å². The van der Waals surface area contributed by atoms with Gasteiger partial charge < -0.3 is 25.6 Å². The number of carbonyl (C=O) groups is 2. The van der Waals surface area contributed by atoms with E-state index >= 15 is 0 Å². The molecule has 4 aromatic rings. The van der Waals surface area contributed by atoms with E-state index in [4.69, 9.17) is 0 Å². The van der Waals surface area contributed by atoms with Gasteiger partial charge in [0, 0.05) is 36.8 Å². The van der Waals surface area contributed by atoms with Crippen LogP contribution in [0, 0.1) is 11.6 Å². The number of benzene rings is 3. The summed E-state index contributed by atoms with van der Waals surface area (Å²) in [5, 5.41) is 18.2. The molecule has 1 saturated carbocycles. The van der Waals surface area contributed by atoms with Crippen LogP contribution in [0.5, 0.6) is 0 Å². The van der Waals surface area contributed by atoms with Gasteiger partial charge in [-0.3, -0.25) is 14.4 Å². The number of aromatic nitrogens is 1. The molecular formula is C42H50F2N4O4. The van der Waals surface area contributed by atoms with Crippen molar-refractivity contribution in [3.63, 3.8) is 0 Å². The van der Waals surface area contributed by atoms with Gasteiger partial charge in [0.1, 0.15) is 17.3 Å². The Kier molecular flexibility index (Phi) is 12.1. The molecule has 3 atom stereocenters. The molecule has 5 rings (SSSR count). The Morgan fingerprint density at radius 2 is 1.60 bits per heavy atom. The fraction of sp³-hybridized carbons (Fsp3) is 0.405. The average Bonchev–Trinajstić information content (AvgIpc) is 3.12. The van der Waals surface area contributed by atoms with E-state index in [1.807, 2.05) is 37.3 Å². The number of aliphatic hydroxyl groups is 1. The molecule has 0 saturated heterocycles. The summed E-state index contributed by atoms with van der Waals surface area (Å²) in [6, 6.07) is 22.1. The van der Waals surface area contributed by atoms with E-state index in [2.05, 4.69) is 60.7 Å². The smallest absolute Gasteiger partial charge is 0.268 e. The summed E-state index contributed by atoms with van der Waals surface area (Å²) in [7, 11) is 1.62. The minimum atomic E-state index is -1.20. The zero-order valence-corrected chi connectivity index (χ0v) is 30.6. The molecule has 0 bridgehead atoms. The van der Waals surface area contributed by atoms with Crippen LogP contribution in [0.2, 0.25) is 0 Å². The summed E-state index contributed by atoms with van der Waals surface area (Å²) in [5.74, 6) is -2.77. The van der Waals surface area contributed by atoms with Gasteiger partial charge in [0.15, 0.2) is 0 Å². The molecule has 1 fully saturated rings. The van der Waals surface area contributed by atoms with Crippen LogP contribution < -0.4 is 16.2 Å². The maximum atomic E-state index is 14.3. The van der Waals surface area contributed by atoms with Gasteiger partial charge in [0.05, 0.1) is 18.2 Å². The second-order valence-corrected chi connectivity index (χ2v) is 15.1. The van der Waals surface area contributed by atoms with Gasteiger partial charge >= 0.3 is 0 Å². The third-order valence-corrected chi connectivity index (χ3v) is 10.3. The zero-order chi connectivity index (χ0) is 37.6. The van der Waals surface area contributed by atoms with E-state index in [9.17, 15) is 28.3 Å². The van der Waals surface area contributed by atoms with Gasteiger partial charge in [-0.05, 0) is 72.1 Å². The molecule has 52 heavy (non-hydrogen) atoms. The van der Waals surface area contributed by atoms with E-state index in [1.54, 1.807) is 7.05 Å². The molecule has 0 radical (unpaired) electrons. The first-order valence-electron chi connectivity index (χ1n) is 18.0. The number of amides is 2. The molecule has 10 heteroatoms. The lowest BCUT2D eigenvalue weighted by molar-refractivity contribution is 0.0742. The molecular weight excluding hydrogens is 662 g/mol. The van der Waals surface area contributed by atoms with Gasteiger partial charge in [-0.1, -0.05) is 94.6 Å². The van der Waals surface area contributed by atoms with Crippen LogP contribution in [0.3, 0.4) is 0 Å². The van der Waals surface area contributed by atoms with Crippen molar-refractivity contribution in [1.29, 1.82) is 0 Å². The highest BCUT2D eigenvalue weighted by molar-refractivity contribution is 5.98. The Labute approximate surface area is 304 Å². The second kappa shape index (κ2) is 16.3. The lowest BCUT2D eigenvalue weighted by Gasteiger charge is -2.41. The van der Waals surface area contributed by atoms with Gasteiger partial charge in [0.2, 0.25) is 5.56 Å². The van der Waals surface area contributed by atoms with Crippen molar-refractivity contribution in [2.24, 2.45) is 0 Å². The lowest BCUT2D eigenvalue weighted by atomic mass is 9.74. The molecule has 0 unspecified atom stereocenters. The molecule has 0 aliphatic heterocycles. The predicted octanol–water partition coefficient (Wildman–Crippen LogP) is 6.94. The third-order valence-electron chi connectivity index (χ3n) is 10.3. The Bertz CT molecular complexity index is 1900. The first kappa shape index (κ1) is 38.6.